The monoisotopic (exact) mass is 203 g/mol. The van der Waals surface area contributed by atoms with Crippen molar-refractivity contribution in [1.29, 1.82) is 0 Å². The molecule has 0 aliphatic rings. The van der Waals surface area contributed by atoms with E-state index in [9.17, 15) is 0 Å². The summed E-state index contributed by atoms with van der Waals surface area (Å²) in [5, 5.41) is 11.9. The highest BCUT2D eigenvalue weighted by molar-refractivity contribution is 6.37. The topological polar surface area (TPSA) is 51.8 Å². The van der Waals surface area contributed by atoms with Crippen molar-refractivity contribution in [1.82, 2.24) is 15.4 Å². The van der Waals surface area contributed by atoms with E-state index < -0.39 is 0 Å². The van der Waals surface area contributed by atoms with Crippen LogP contribution in [-0.4, -0.2) is 15.4 Å². The van der Waals surface area contributed by atoms with E-state index in [0.717, 1.165) is 0 Å². The molecule has 12 heavy (non-hydrogen) atoms. The molecule has 0 saturated carbocycles. The molecule has 0 atom stereocenters. The molecule has 4 nitrogen and oxygen atoms in total. The zero-order chi connectivity index (χ0) is 8.72. The molecule has 62 valence electrons. The lowest BCUT2D eigenvalue weighted by atomic mass is 10.3. The maximum atomic E-state index is 5.74. The van der Waals surface area contributed by atoms with Crippen LogP contribution in [0.25, 0.3) is 11.0 Å². The Kier molecular flexibility index (Phi) is 1.66. The molecule has 0 radical (unpaired) electrons. The van der Waals surface area contributed by atoms with Crippen molar-refractivity contribution < 1.29 is 4.52 Å². The van der Waals surface area contributed by atoms with Gasteiger partial charge >= 0.3 is 0 Å². The van der Waals surface area contributed by atoms with Crippen LogP contribution >= 0.6 is 23.2 Å². The van der Waals surface area contributed by atoms with Gasteiger partial charge in [0.15, 0.2) is 10.3 Å². The smallest absolute Gasteiger partial charge is 0.209 e. The normalized spacial score (nSPS) is 10.9. The van der Waals surface area contributed by atoms with E-state index in [2.05, 4.69) is 15.4 Å². The number of hydrogen-bond donors (Lipinski definition) is 0. The van der Waals surface area contributed by atoms with E-state index in [4.69, 9.17) is 27.7 Å². The summed E-state index contributed by atoms with van der Waals surface area (Å²) < 4.78 is 4.89. The molecule has 0 bridgehead atoms. The summed E-state index contributed by atoms with van der Waals surface area (Å²) in [6, 6.07) is 0. The maximum absolute atomic E-state index is 5.74. The van der Waals surface area contributed by atoms with Crippen molar-refractivity contribution in [2.24, 2.45) is 0 Å². The van der Waals surface area contributed by atoms with Gasteiger partial charge in [0.25, 0.3) is 0 Å². The number of nitrogens with zero attached hydrogens (tertiary/aromatic N) is 3. The van der Waals surface area contributed by atoms with Crippen molar-refractivity contribution in [3.05, 3.63) is 16.0 Å². The molecular weight excluding hydrogens is 201 g/mol. The largest absolute Gasteiger partial charge is 0.353 e. The van der Waals surface area contributed by atoms with Gasteiger partial charge in [-0.15, -0.1) is 10.2 Å². The third-order valence-electron chi connectivity index (χ3n) is 1.48. The van der Waals surface area contributed by atoms with Crippen LogP contribution < -0.4 is 0 Å². The molecule has 2 rings (SSSR count). The summed E-state index contributed by atoms with van der Waals surface area (Å²) in [7, 11) is 0. The number of aryl methyl sites for hydroxylation is 1. The van der Waals surface area contributed by atoms with Gasteiger partial charge in [0.1, 0.15) is 0 Å². The molecule has 2 aromatic rings. The summed E-state index contributed by atoms with van der Waals surface area (Å²) >= 11 is 11.4. The lowest BCUT2D eigenvalue weighted by Crippen LogP contribution is -1.84. The minimum absolute atomic E-state index is 0.176. The fourth-order valence-electron chi connectivity index (χ4n) is 0.937. The Balaban J connectivity index is 2.98. The van der Waals surface area contributed by atoms with Gasteiger partial charge in [-0.3, -0.25) is 0 Å². The van der Waals surface area contributed by atoms with Crippen LogP contribution in [0.4, 0.5) is 0 Å². The molecule has 0 aliphatic heterocycles. The first kappa shape index (κ1) is 7.76. The molecule has 0 aliphatic carbocycles. The van der Waals surface area contributed by atoms with E-state index in [1.54, 1.807) is 6.92 Å². The minimum Gasteiger partial charge on any atom is -0.353 e. The number of hydrogen-bond acceptors (Lipinski definition) is 4. The standard InChI is InChI=1S/C6H3Cl2N3O/c1-2-3-4(12-11-2)6(8)10-9-5(3)7/h1H3. The Hall–Kier alpha value is -0.870. The highest BCUT2D eigenvalue weighted by atomic mass is 35.5. The first-order chi connectivity index (χ1) is 5.70. The van der Waals surface area contributed by atoms with E-state index in [0.29, 0.717) is 16.7 Å². The third-order valence-corrected chi connectivity index (χ3v) is 1.99. The van der Waals surface area contributed by atoms with Crippen molar-refractivity contribution in [3.63, 3.8) is 0 Å². The summed E-state index contributed by atoms with van der Waals surface area (Å²) in [5.41, 5.74) is 1.04. The van der Waals surface area contributed by atoms with Crippen molar-refractivity contribution >= 4 is 34.2 Å². The van der Waals surface area contributed by atoms with Crippen molar-refractivity contribution in [2.75, 3.05) is 0 Å². The first-order valence-electron chi connectivity index (χ1n) is 3.14. The van der Waals surface area contributed by atoms with Crippen molar-refractivity contribution in [2.45, 2.75) is 6.92 Å². The van der Waals surface area contributed by atoms with Crippen LogP contribution in [-0.2, 0) is 0 Å². The number of rotatable bonds is 0. The minimum atomic E-state index is 0.176. The van der Waals surface area contributed by atoms with Gasteiger partial charge in [-0.05, 0) is 6.92 Å². The van der Waals surface area contributed by atoms with Crippen LogP contribution in [0, 0.1) is 6.92 Å². The quantitative estimate of drug-likeness (QED) is 0.660. The van der Waals surface area contributed by atoms with Gasteiger partial charge in [0.2, 0.25) is 5.58 Å². The number of fused-ring (bicyclic) bond motifs is 1. The van der Waals surface area contributed by atoms with Crippen LogP contribution in [0.3, 0.4) is 0 Å². The predicted octanol–water partition coefficient (Wildman–Crippen LogP) is 2.23. The molecule has 2 heterocycles. The van der Waals surface area contributed by atoms with E-state index in [-0.39, 0.29) is 10.3 Å². The summed E-state index contributed by atoms with van der Waals surface area (Å²) in [4.78, 5) is 0. The summed E-state index contributed by atoms with van der Waals surface area (Å²) in [6.07, 6.45) is 0. The summed E-state index contributed by atoms with van der Waals surface area (Å²) in [6.45, 7) is 1.76. The van der Waals surface area contributed by atoms with Crippen LogP contribution in [0.15, 0.2) is 4.52 Å². The Morgan fingerprint density at radius 3 is 2.50 bits per heavy atom. The summed E-state index contributed by atoms with van der Waals surface area (Å²) in [5.74, 6) is 0. The highest BCUT2D eigenvalue weighted by Gasteiger charge is 2.13. The second kappa shape index (κ2) is 2.57. The molecule has 6 heteroatoms. The molecule has 0 saturated heterocycles. The second-order valence-electron chi connectivity index (χ2n) is 2.25. The van der Waals surface area contributed by atoms with Crippen molar-refractivity contribution in [3.8, 4) is 0 Å². The predicted molar refractivity (Wildman–Crippen MR) is 44.4 cm³/mol. The SMILES string of the molecule is Cc1noc2c(Cl)nnc(Cl)c12. The number of aromatic nitrogens is 3. The highest BCUT2D eigenvalue weighted by Crippen LogP contribution is 2.27. The molecule has 0 N–H and O–H groups in total. The molecule has 0 unspecified atom stereocenters. The zero-order valence-corrected chi connectivity index (χ0v) is 7.52. The van der Waals surface area contributed by atoms with Crippen LogP contribution in [0.2, 0.25) is 10.3 Å². The molecule has 2 aromatic heterocycles. The molecular formula is C6H3Cl2N3O. The fraction of sp³-hybridized carbons (Fsp3) is 0.167. The lowest BCUT2D eigenvalue weighted by molar-refractivity contribution is 0.449. The first-order valence-corrected chi connectivity index (χ1v) is 3.89. The zero-order valence-electron chi connectivity index (χ0n) is 6.01. The van der Waals surface area contributed by atoms with Crippen LogP contribution in [0.5, 0.6) is 0 Å². The van der Waals surface area contributed by atoms with Gasteiger partial charge in [-0.1, -0.05) is 28.4 Å². The van der Waals surface area contributed by atoms with Crippen LogP contribution in [0.1, 0.15) is 5.69 Å². The van der Waals surface area contributed by atoms with Gasteiger partial charge in [-0.2, -0.15) is 0 Å². The molecule has 0 fully saturated rings. The van der Waals surface area contributed by atoms with Gasteiger partial charge in [-0.25, -0.2) is 0 Å². The fourth-order valence-corrected chi connectivity index (χ4v) is 1.36. The molecule has 0 aromatic carbocycles. The van der Waals surface area contributed by atoms with Gasteiger partial charge < -0.3 is 4.52 Å². The van der Waals surface area contributed by atoms with E-state index in [1.165, 1.54) is 0 Å². The van der Waals surface area contributed by atoms with Gasteiger partial charge in [0.05, 0.1) is 11.1 Å². The third kappa shape index (κ3) is 0.956. The molecule has 0 amide bonds. The second-order valence-corrected chi connectivity index (χ2v) is 2.97. The lowest BCUT2D eigenvalue weighted by Gasteiger charge is -1.90. The Morgan fingerprint density at radius 1 is 1.17 bits per heavy atom. The van der Waals surface area contributed by atoms with E-state index in [1.807, 2.05) is 0 Å². The molecule has 0 spiro atoms. The Labute approximate surface area is 77.5 Å². The average molecular weight is 204 g/mol. The van der Waals surface area contributed by atoms with Gasteiger partial charge in [0, 0.05) is 0 Å². The Bertz CT molecular complexity index is 440. The average Bonchev–Trinajstić information content (AvgIpc) is 2.42. The van der Waals surface area contributed by atoms with E-state index >= 15 is 0 Å². The maximum Gasteiger partial charge on any atom is 0.209 e. The Morgan fingerprint density at radius 2 is 1.83 bits per heavy atom. The number of halogens is 2.